The van der Waals surface area contributed by atoms with Gasteiger partial charge < -0.3 is 15.0 Å². The van der Waals surface area contributed by atoms with E-state index >= 15 is 0 Å². The number of benzene rings is 2. The second kappa shape index (κ2) is 10.3. The third-order valence-electron chi connectivity index (χ3n) is 5.97. The Bertz CT molecular complexity index is 880. The van der Waals surface area contributed by atoms with Crippen molar-refractivity contribution in [2.45, 2.75) is 52.1 Å². The Morgan fingerprint density at radius 3 is 2.63 bits per heavy atom. The average molecular weight is 409 g/mol. The molecular formula is C25H32N2O3. The van der Waals surface area contributed by atoms with Crippen LogP contribution < -0.4 is 10.1 Å². The van der Waals surface area contributed by atoms with Gasteiger partial charge in [0.05, 0.1) is 19.1 Å². The molecule has 3 rings (SSSR count). The van der Waals surface area contributed by atoms with Crippen LogP contribution in [0.1, 0.15) is 55.3 Å². The summed E-state index contributed by atoms with van der Waals surface area (Å²) < 4.78 is 5.59. The Balaban J connectivity index is 1.88. The van der Waals surface area contributed by atoms with Crippen molar-refractivity contribution in [1.82, 2.24) is 10.2 Å². The number of carbonyl (C=O) groups is 2. The van der Waals surface area contributed by atoms with E-state index in [2.05, 4.69) is 12.2 Å². The predicted octanol–water partition coefficient (Wildman–Crippen LogP) is 4.40. The topological polar surface area (TPSA) is 58.6 Å². The van der Waals surface area contributed by atoms with Gasteiger partial charge in [-0.05, 0) is 37.0 Å². The van der Waals surface area contributed by atoms with Gasteiger partial charge in [-0.25, -0.2) is 0 Å². The highest BCUT2D eigenvalue weighted by molar-refractivity contribution is 5.85. The number of methoxy groups -OCH3 is 1. The van der Waals surface area contributed by atoms with E-state index in [0.717, 1.165) is 35.3 Å². The minimum absolute atomic E-state index is 0.0110. The van der Waals surface area contributed by atoms with Crippen LogP contribution >= 0.6 is 0 Å². The molecule has 2 atom stereocenters. The Kier molecular flexibility index (Phi) is 7.50. The minimum atomic E-state index is -0.314. The van der Waals surface area contributed by atoms with Crippen LogP contribution in [0, 0.1) is 12.8 Å². The summed E-state index contributed by atoms with van der Waals surface area (Å²) >= 11 is 0. The van der Waals surface area contributed by atoms with Crippen LogP contribution in [0.15, 0.2) is 48.5 Å². The van der Waals surface area contributed by atoms with Crippen molar-refractivity contribution in [3.05, 3.63) is 65.2 Å². The Morgan fingerprint density at radius 1 is 1.17 bits per heavy atom. The number of nitrogens with one attached hydrogen (secondary N) is 1. The molecule has 5 heteroatoms. The average Bonchev–Trinajstić information content (AvgIpc) is 2.77. The summed E-state index contributed by atoms with van der Waals surface area (Å²) in [5.74, 6) is 0.515. The lowest BCUT2D eigenvalue weighted by Crippen LogP contribution is -2.48. The highest BCUT2D eigenvalue weighted by atomic mass is 16.5. The molecule has 0 unspecified atom stereocenters. The van der Waals surface area contributed by atoms with E-state index in [1.165, 1.54) is 0 Å². The monoisotopic (exact) mass is 408 g/mol. The zero-order valence-electron chi connectivity index (χ0n) is 18.2. The summed E-state index contributed by atoms with van der Waals surface area (Å²) in [6.45, 7) is 5.30. The van der Waals surface area contributed by atoms with E-state index in [4.69, 9.17) is 4.74 Å². The largest absolute Gasteiger partial charge is 0.496 e. The molecule has 0 bridgehead atoms. The third-order valence-corrected chi connectivity index (χ3v) is 5.97. The van der Waals surface area contributed by atoms with Crippen LogP contribution in [0.4, 0.5) is 0 Å². The molecule has 0 aliphatic carbocycles. The van der Waals surface area contributed by atoms with Gasteiger partial charge in [-0.3, -0.25) is 9.59 Å². The van der Waals surface area contributed by atoms with E-state index in [-0.39, 0.29) is 23.8 Å². The maximum Gasteiger partial charge on any atom is 0.225 e. The van der Waals surface area contributed by atoms with E-state index < -0.39 is 0 Å². The first-order valence-electron chi connectivity index (χ1n) is 10.8. The lowest BCUT2D eigenvalue weighted by Gasteiger charge is -2.41. The fraction of sp³-hybridized carbons (Fsp3) is 0.440. The summed E-state index contributed by atoms with van der Waals surface area (Å²) in [6.07, 6.45) is 2.85. The molecule has 0 radical (unpaired) electrons. The molecule has 0 spiro atoms. The number of para-hydroxylation sites is 1. The van der Waals surface area contributed by atoms with E-state index in [0.29, 0.717) is 25.9 Å². The summed E-state index contributed by atoms with van der Waals surface area (Å²) in [4.78, 5) is 28.0. The van der Waals surface area contributed by atoms with Gasteiger partial charge >= 0.3 is 0 Å². The number of unbranched alkanes of at least 4 members (excludes halogenated alkanes) is 1. The molecule has 2 aromatic rings. The van der Waals surface area contributed by atoms with Gasteiger partial charge in [0.1, 0.15) is 5.75 Å². The Labute approximate surface area is 179 Å². The van der Waals surface area contributed by atoms with Crippen molar-refractivity contribution in [2.75, 3.05) is 13.7 Å². The first-order chi connectivity index (χ1) is 14.6. The van der Waals surface area contributed by atoms with Gasteiger partial charge in [-0.15, -0.1) is 0 Å². The molecule has 1 aliphatic rings. The number of amides is 2. The molecule has 2 amide bonds. The lowest BCUT2D eigenvalue weighted by atomic mass is 9.83. The van der Waals surface area contributed by atoms with Gasteiger partial charge in [-0.2, -0.15) is 0 Å². The number of piperidine rings is 1. The molecule has 1 heterocycles. The smallest absolute Gasteiger partial charge is 0.225 e. The number of likely N-dealkylation sites (tertiary alicyclic amines) is 1. The van der Waals surface area contributed by atoms with Crippen LogP contribution in [0.5, 0.6) is 5.75 Å². The number of nitrogens with zero attached hydrogens (tertiary/aromatic N) is 1. The molecule has 1 saturated heterocycles. The van der Waals surface area contributed by atoms with Crippen LogP contribution in [-0.4, -0.2) is 30.4 Å². The molecule has 2 aromatic carbocycles. The number of carbonyl (C=O) groups excluding carboxylic acids is 2. The maximum atomic E-state index is 13.3. The highest BCUT2D eigenvalue weighted by Crippen LogP contribution is 2.40. The zero-order chi connectivity index (χ0) is 21.5. The number of ether oxygens (including phenoxy) is 1. The van der Waals surface area contributed by atoms with Crippen LogP contribution in [0.25, 0.3) is 0 Å². The van der Waals surface area contributed by atoms with E-state index in [1.807, 2.05) is 60.4 Å². The summed E-state index contributed by atoms with van der Waals surface area (Å²) in [5.41, 5.74) is 3.16. The molecule has 0 saturated carbocycles. The SMILES string of the molecule is CCCCN1C(=O)CC[C@H](C(=O)NCc2ccccc2C)[C@H]1c1ccccc1OC. The summed E-state index contributed by atoms with van der Waals surface area (Å²) in [7, 11) is 1.63. The molecule has 30 heavy (non-hydrogen) atoms. The molecule has 160 valence electrons. The fourth-order valence-corrected chi connectivity index (χ4v) is 4.24. The van der Waals surface area contributed by atoms with Crippen molar-refractivity contribution in [2.24, 2.45) is 5.92 Å². The molecule has 1 fully saturated rings. The van der Waals surface area contributed by atoms with Crippen LogP contribution in [0.3, 0.4) is 0 Å². The second-order valence-corrected chi connectivity index (χ2v) is 7.92. The molecule has 0 aromatic heterocycles. The molecular weight excluding hydrogens is 376 g/mol. The highest BCUT2D eigenvalue weighted by Gasteiger charge is 2.41. The van der Waals surface area contributed by atoms with Crippen molar-refractivity contribution in [3.63, 3.8) is 0 Å². The summed E-state index contributed by atoms with van der Waals surface area (Å²) in [5, 5.41) is 3.12. The van der Waals surface area contributed by atoms with Gasteiger partial charge in [0.25, 0.3) is 0 Å². The first-order valence-corrected chi connectivity index (χ1v) is 10.8. The van der Waals surface area contributed by atoms with Gasteiger partial charge in [-0.1, -0.05) is 55.8 Å². The van der Waals surface area contributed by atoms with Crippen molar-refractivity contribution >= 4 is 11.8 Å². The Morgan fingerprint density at radius 2 is 1.90 bits per heavy atom. The lowest BCUT2D eigenvalue weighted by molar-refractivity contribution is -0.143. The zero-order valence-corrected chi connectivity index (χ0v) is 18.2. The third kappa shape index (κ3) is 4.84. The van der Waals surface area contributed by atoms with Gasteiger partial charge in [0.2, 0.25) is 11.8 Å². The number of rotatable bonds is 8. The van der Waals surface area contributed by atoms with Gasteiger partial charge in [0.15, 0.2) is 0 Å². The molecule has 5 nitrogen and oxygen atoms in total. The first kappa shape index (κ1) is 21.9. The molecule has 1 N–H and O–H groups in total. The predicted molar refractivity (Wildman–Crippen MR) is 118 cm³/mol. The van der Waals surface area contributed by atoms with Crippen molar-refractivity contribution < 1.29 is 14.3 Å². The van der Waals surface area contributed by atoms with Crippen molar-refractivity contribution in [3.8, 4) is 5.75 Å². The number of hydrogen-bond acceptors (Lipinski definition) is 3. The van der Waals surface area contributed by atoms with Gasteiger partial charge in [0, 0.05) is 25.1 Å². The second-order valence-electron chi connectivity index (χ2n) is 7.92. The maximum absolute atomic E-state index is 13.3. The molecule has 1 aliphatic heterocycles. The van der Waals surface area contributed by atoms with Crippen LogP contribution in [0.2, 0.25) is 0 Å². The number of aryl methyl sites for hydroxylation is 1. The van der Waals surface area contributed by atoms with E-state index in [1.54, 1.807) is 7.11 Å². The van der Waals surface area contributed by atoms with Crippen LogP contribution in [-0.2, 0) is 16.1 Å². The minimum Gasteiger partial charge on any atom is -0.496 e. The normalized spacial score (nSPS) is 18.9. The Hall–Kier alpha value is -2.82. The van der Waals surface area contributed by atoms with E-state index in [9.17, 15) is 9.59 Å². The number of hydrogen-bond donors (Lipinski definition) is 1. The quantitative estimate of drug-likeness (QED) is 0.704. The standard InChI is InChI=1S/C25H32N2O3/c1-4-5-16-27-23(28)15-14-21(24(27)20-12-8-9-13-22(20)30-3)25(29)26-17-19-11-7-6-10-18(19)2/h6-13,21,24H,4-5,14-17H2,1-3H3,(H,26,29)/t21-,24+/m0/s1. The fourth-order valence-electron chi connectivity index (χ4n) is 4.24. The van der Waals surface area contributed by atoms with Crippen molar-refractivity contribution in [1.29, 1.82) is 0 Å². The summed E-state index contributed by atoms with van der Waals surface area (Å²) in [6, 6.07) is 15.5.